The number of hydrogen-bond donors (Lipinski definition) is 0. The monoisotopic (exact) mass is 320 g/mol. The highest BCUT2D eigenvalue weighted by atomic mass is 35.5. The van der Waals surface area contributed by atoms with E-state index >= 15 is 0 Å². The molecule has 1 heterocycles. The summed E-state index contributed by atoms with van der Waals surface area (Å²) in [5.41, 5.74) is -0.373. The zero-order chi connectivity index (χ0) is 14.8. The van der Waals surface area contributed by atoms with Crippen LogP contribution < -0.4 is 0 Å². The lowest BCUT2D eigenvalue weighted by molar-refractivity contribution is -0.137. The molecule has 2 aromatic rings. The minimum Gasteiger partial charge on any atom is -0.457 e. The Hall–Kier alpha value is -1.53. The van der Waals surface area contributed by atoms with Crippen LogP contribution in [0, 0.1) is 0 Å². The van der Waals surface area contributed by atoms with Crippen LogP contribution in [0.15, 0.2) is 36.4 Å². The summed E-state index contributed by atoms with van der Waals surface area (Å²) in [5.74, 6) is -1.03. The van der Waals surface area contributed by atoms with Crippen molar-refractivity contribution in [2.45, 2.75) is 12.8 Å². The van der Waals surface area contributed by atoms with Gasteiger partial charge in [-0.2, -0.15) is 13.2 Å². The number of carbonyl (C=O) groups excluding carboxylic acids is 1. The molecule has 0 aliphatic heterocycles. The van der Waals surface area contributed by atoms with Gasteiger partial charge in [0.25, 0.3) is 0 Å². The molecule has 0 saturated carbocycles. The van der Waals surface area contributed by atoms with E-state index in [0.29, 0.717) is 16.9 Å². The van der Waals surface area contributed by atoms with E-state index in [-0.39, 0.29) is 10.9 Å². The van der Waals surface area contributed by atoms with Crippen LogP contribution in [0.2, 0.25) is 4.34 Å². The van der Waals surface area contributed by atoms with E-state index in [4.69, 9.17) is 16.3 Å². The van der Waals surface area contributed by atoms with Gasteiger partial charge in [0, 0.05) is 0 Å². The normalized spacial score (nSPS) is 11.4. The van der Waals surface area contributed by atoms with Crippen molar-refractivity contribution in [2.24, 2.45) is 0 Å². The molecule has 0 saturated heterocycles. The molecule has 20 heavy (non-hydrogen) atoms. The number of thiophene rings is 1. The quantitative estimate of drug-likeness (QED) is 0.761. The average Bonchev–Trinajstić information content (AvgIpc) is 2.79. The highest BCUT2D eigenvalue weighted by molar-refractivity contribution is 7.18. The Balaban J connectivity index is 2.14. The Morgan fingerprint density at radius 1 is 1.25 bits per heavy atom. The number of ether oxygens (including phenoxy) is 1. The first-order chi connectivity index (χ1) is 9.38. The SMILES string of the molecule is O=C(OCc1ccccc1)c1sc(Cl)cc1C(F)(F)F. The van der Waals surface area contributed by atoms with E-state index in [2.05, 4.69) is 0 Å². The van der Waals surface area contributed by atoms with Crippen molar-refractivity contribution < 1.29 is 22.7 Å². The fourth-order valence-electron chi connectivity index (χ4n) is 1.51. The molecule has 0 bridgehead atoms. The maximum absolute atomic E-state index is 12.7. The standard InChI is InChI=1S/C13H8ClF3O2S/c14-10-6-9(13(15,16)17)11(20-10)12(18)19-7-8-4-2-1-3-5-8/h1-6H,7H2. The molecule has 0 atom stereocenters. The maximum atomic E-state index is 12.7. The van der Waals surface area contributed by atoms with Crippen molar-refractivity contribution in [3.63, 3.8) is 0 Å². The second kappa shape index (κ2) is 5.85. The largest absolute Gasteiger partial charge is 0.457 e. The molecule has 2 nitrogen and oxygen atoms in total. The van der Waals surface area contributed by atoms with Gasteiger partial charge in [-0.25, -0.2) is 4.79 Å². The molecule has 106 valence electrons. The van der Waals surface area contributed by atoms with Gasteiger partial charge in [0.2, 0.25) is 0 Å². The number of halogens is 4. The summed E-state index contributed by atoms with van der Waals surface area (Å²) in [6.07, 6.45) is -4.63. The molecule has 1 aromatic heterocycles. The van der Waals surface area contributed by atoms with E-state index in [1.807, 2.05) is 0 Å². The van der Waals surface area contributed by atoms with E-state index < -0.39 is 22.6 Å². The minimum atomic E-state index is -4.63. The Morgan fingerprint density at radius 3 is 2.50 bits per heavy atom. The molecule has 0 unspecified atom stereocenters. The minimum absolute atomic E-state index is 0.0908. The molecule has 7 heteroatoms. The van der Waals surface area contributed by atoms with Crippen molar-refractivity contribution in [2.75, 3.05) is 0 Å². The first-order valence-corrected chi connectivity index (χ1v) is 6.65. The van der Waals surface area contributed by atoms with Gasteiger partial charge in [-0.05, 0) is 11.6 Å². The van der Waals surface area contributed by atoms with Crippen LogP contribution in [0.3, 0.4) is 0 Å². The molecular formula is C13H8ClF3O2S. The summed E-state index contributed by atoms with van der Waals surface area (Å²) in [6.45, 7) is -0.0908. The molecule has 0 spiro atoms. The Labute approximate surface area is 121 Å². The van der Waals surface area contributed by atoms with Crippen LogP contribution in [0.25, 0.3) is 0 Å². The molecule has 0 N–H and O–H groups in total. The number of benzene rings is 1. The van der Waals surface area contributed by atoms with Gasteiger partial charge in [0.15, 0.2) is 0 Å². The van der Waals surface area contributed by atoms with Gasteiger partial charge in [-0.1, -0.05) is 41.9 Å². The number of hydrogen-bond acceptors (Lipinski definition) is 3. The predicted molar refractivity (Wildman–Crippen MR) is 69.9 cm³/mol. The first kappa shape index (κ1) is 14.9. The molecule has 0 radical (unpaired) electrons. The van der Waals surface area contributed by atoms with E-state index in [9.17, 15) is 18.0 Å². The summed E-state index contributed by atoms with van der Waals surface area (Å²) < 4.78 is 42.9. The summed E-state index contributed by atoms with van der Waals surface area (Å²) >= 11 is 6.10. The fourth-order valence-corrected chi connectivity index (χ4v) is 2.65. The third-order valence-electron chi connectivity index (χ3n) is 2.41. The number of rotatable bonds is 3. The second-order valence-corrected chi connectivity index (χ2v) is 5.54. The summed E-state index contributed by atoms with van der Waals surface area (Å²) in [5, 5.41) is 0. The van der Waals surface area contributed by atoms with Gasteiger partial charge >= 0.3 is 12.1 Å². The average molecular weight is 321 g/mol. The van der Waals surface area contributed by atoms with E-state index in [1.54, 1.807) is 30.3 Å². The molecule has 0 amide bonds. The lowest BCUT2D eigenvalue weighted by Crippen LogP contribution is -2.12. The highest BCUT2D eigenvalue weighted by Crippen LogP contribution is 2.39. The van der Waals surface area contributed by atoms with Gasteiger partial charge in [-0.3, -0.25) is 0 Å². The summed E-state index contributed by atoms with van der Waals surface area (Å²) in [6, 6.07) is 9.41. The van der Waals surface area contributed by atoms with Gasteiger partial charge in [-0.15, -0.1) is 11.3 Å². The van der Waals surface area contributed by atoms with Crippen LogP contribution in [0.4, 0.5) is 13.2 Å². The third-order valence-corrected chi connectivity index (χ3v) is 3.65. The van der Waals surface area contributed by atoms with Crippen molar-refractivity contribution in [3.8, 4) is 0 Å². The smallest absolute Gasteiger partial charge is 0.418 e. The Morgan fingerprint density at radius 2 is 1.90 bits per heavy atom. The van der Waals surface area contributed by atoms with E-state index in [0.717, 1.165) is 6.07 Å². The van der Waals surface area contributed by atoms with Crippen LogP contribution in [0.5, 0.6) is 0 Å². The number of alkyl halides is 3. The Kier molecular flexibility index (Phi) is 4.35. The van der Waals surface area contributed by atoms with Gasteiger partial charge in [0.05, 0.1) is 9.90 Å². The van der Waals surface area contributed by atoms with Crippen molar-refractivity contribution in [3.05, 3.63) is 56.7 Å². The lowest BCUT2D eigenvalue weighted by atomic mass is 10.2. The third kappa shape index (κ3) is 3.52. The number of esters is 1. The van der Waals surface area contributed by atoms with Crippen LogP contribution in [-0.4, -0.2) is 5.97 Å². The molecular weight excluding hydrogens is 313 g/mol. The zero-order valence-corrected chi connectivity index (χ0v) is 11.5. The molecule has 2 rings (SSSR count). The van der Waals surface area contributed by atoms with Crippen molar-refractivity contribution >= 4 is 28.9 Å². The van der Waals surface area contributed by atoms with Crippen LogP contribution >= 0.6 is 22.9 Å². The topological polar surface area (TPSA) is 26.3 Å². The van der Waals surface area contributed by atoms with Crippen LogP contribution in [0.1, 0.15) is 20.8 Å². The number of carbonyl (C=O) groups is 1. The Bertz CT molecular complexity index is 608. The highest BCUT2D eigenvalue weighted by Gasteiger charge is 2.37. The predicted octanol–water partition coefficient (Wildman–Crippen LogP) is 4.78. The fraction of sp³-hybridized carbons (Fsp3) is 0.154. The van der Waals surface area contributed by atoms with Gasteiger partial charge < -0.3 is 4.74 Å². The van der Waals surface area contributed by atoms with Crippen molar-refractivity contribution in [1.29, 1.82) is 0 Å². The zero-order valence-electron chi connectivity index (χ0n) is 9.91. The summed E-state index contributed by atoms with van der Waals surface area (Å²) in [4.78, 5) is 11.2. The summed E-state index contributed by atoms with van der Waals surface area (Å²) in [7, 11) is 0. The van der Waals surface area contributed by atoms with Crippen LogP contribution in [-0.2, 0) is 17.5 Å². The molecule has 0 aliphatic rings. The van der Waals surface area contributed by atoms with Gasteiger partial charge in [0.1, 0.15) is 11.5 Å². The lowest BCUT2D eigenvalue weighted by Gasteiger charge is -2.08. The molecule has 0 fully saturated rings. The van der Waals surface area contributed by atoms with Crippen molar-refractivity contribution in [1.82, 2.24) is 0 Å². The maximum Gasteiger partial charge on any atom is 0.418 e. The second-order valence-electron chi connectivity index (χ2n) is 3.85. The van der Waals surface area contributed by atoms with E-state index in [1.165, 1.54) is 0 Å². The molecule has 1 aromatic carbocycles. The molecule has 0 aliphatic carbocycles. The first-order valence-electron chi connectivity index (χ1n) is 5.45.